The highest BCUT2D eigenvalue weighted by Gasteiger charge is 2.87. The summed E-state index contributed by atoms with van der Waals surface area (Å²) in [5, 5.41) is 15.3. The van der Waals surface area contributed by atoms with Crippen molar-refractivity contribution in [2.75, 3.05) is 0 Å². The Hall–Kier alpha value is -0.813. The van der Waals surface area contributed by atoms with Crippen LogP contribution < -0.4 is 0 Å². The van der Waals surface area contributed by atoms with Crippen molar-refractivity contribution in [2.45, 2.75) is 48.5 Å². The summed E-state index contributed by atoms with van der Waals surface area (Å²) in [7, 11) is 0.306. The molecule has 0 radical (unpaired) electrons. The van der Waals surface area contributed by atoms with Gasteiger partial charge in [-0.3, -0.25) is 0 Å². The summed E-state index contributed by atoms with van der Waals surface area (Å²) in [6.07, 6.45) is -14.9. The number of aliphatic hydroxyl groups is 2. The molecular formula is C8H9F13O3Si. The van der Waals surface area contributed by atoms with E-state index in [0.717, 1.165) is 0 Å². The molecule has 0 rings (SSSR count). The lowest BCUT2D eigenvalue weighted by atomic mass is 9.93. The molecule has 0 bridgehead atoms. The summed E-state index contributed by atoms with van der Waals surface area (Å²) in [6, 6.07) is -6.49. The third kappa shape index (κ3) is 4.30. The summed E-state index contributed by atoms with van der Waals surface area (Å²) < 4.78 is 162. The number of halogens is 13. The minimum atomic E-state index is -7.73. The molecule has 0 saturated carbocycles. The van der Waals surface area contributed by atoms with Crippen molar-refractivity contribution >= 4 is 10.5 Å². The van der Waals surface area contributed by atoms with Gasteiger partial charge in [0.15, 0.2) is 6.17 Å². The topological polar surface area (TPSA) is 60.7 Å². The van der Waals surface area contributed by atoms with Crippen molar-refractivity contribution in [3.05, 3.63) is 0 Å². The quantitative estimate of drug-likeness (QED) is 0.326. The van der Waals surface area contributed by atoms with Gasteiger partial charge in [-0.2, -0.15) is 39.5 Å². The van der Waals surface area contributed by atoms with E-state index in [1.807, 2.05) is 0 Å². The zero-order chi connectivity index (χ0) is 21.2. The van der Waals surface area contributed by atoms with Gasteiger partial charge in [0.1, 0.15) is 10.5 Å². The van der Waals surface area contributed by atoms with Crippen molar-refractivity contribution in [3.63, 3.8) is 0 Å². The van der Waals surface area contributed by atoms with Crippen LogP contribution in [0.4, 0.5) is 57.1 Å². The van der Waals surface area contributed by atoms with Gasteiger partial charge >= 0.3 is 29.7 Å². The lowest BCUT2D eigenvalue weighted by molar-refractivity contribution is -0.459. The first-order valence-corrected chi connectivity index (χ1v) is 6.32. The van der Waals surface area contributed by atoms with Crippen LogP contribution in [0.25, 0.3) is 0 Å². The molecule has 0 saturated heterocycles. The van der Waals surface area contributed by atoms with Crippen molar-refractivity contribution in [1.82, 2.24) is 0 Å². The third-order valence-electron chi connectivity index (χ3n) is 2.47. The first-order valence-electron chi connectivity index (χ1n) is 5.42. The molecule has 154 valence electrons. The first kappa shape index (κ1) is 26.4. The average Bonchev–Trinajstić information content (AvgIpc) is 2.45. The molecule has 0 aromatic heterocycles. The third-order valence-corrected chi connectivity index (χ3v) is 2.47. The fourth-order valence-electron chi connectivity index (χ4n) is 1.11. The highest BCUT2D eigenvalue weighted by molar-refractivity contribution is 5.95. The van der Waals surface area contributed by atoms with Crippen LogP contribution in [0.1, 0.15) is 0 Å². The average molecular weight is 428 g/mol. The van der Waals surface area contributed by atoms with E-state index in [1.165, 1.54) is 0 Å². The zero-order valence-corrected chi connectivity index (χ0v) is 13.5. The summed E-state index contributed by atoms with van der Waals surface area (Å²) in [5.74, 6) is -30.0. The van der Waals surface area contributed by atoms with Crippen LogP contribution in [-0.4, -0.2) is 74.0 Å². The molecule has 2 atom stereocenters. The van der Waals surface area contributed by atoms with Gasteiger partial charge < -0.3 is 15.0 Å². The molecule has 0 aromatic rings. The van der Waals surface area contributed by atoms with E-state index in [4.69, 9.17) is 15.0 Å². The van der Waals surface area contributed by atoms with Crippen LogP contribution in [0.5, 0.6) is 0 Å². The second kappa shape index (κ2) is 7.83. The number of hydrogen-bond donors (Lipinski definition) is 3. The van der Waals surface area contributed by atoms with Crippen LogP contribution >= 0.6 is 0 Å². The van der Waals surface area contributed by atoms with Crippen molar-refractivity contribution in [2.24, 2.45) is 0 Å². The molecule has 2 unspecified atom stereocenters. The highest BCUT2D eigenvalue weighted by atomic mass is 28.2. The Morgan fingerprint density at radius 1 is 0.600 bits per heavy atom. The Kier molecular flexibility index (Phi) is 8.27. The molecule has 3 N–H and O–H groups in total. The molecule has 17 heteroatoms. The van der Waals surface area contributed by atoms with Gasteiger partial charge in [-0.25, -0.2) is 17.6 Å². The van der Waals surface area contributed by atoms with E-state index in [-0.39, 0.29) is 0 Å². The van der Waals surface area contributed by atoms with Gasteiger partial charge in [-0.1, -0.05) is 0 Å². The number of rotatable bonds is 7. The predicted molar refractivity (Wildman–Crippen MR) is 56.0 cm³/mol. The molecule has 0 amide bonds. The van der Waals surface area contributed by atoms with Gasteiger partial charge in [-0.15, -0.1) is 0 Å². The molecule has 0 aromatic carbocycles. The number of hydrogen-bond acceptors (Lipinski definition) is 3. The summed E-state index contributed by atoms with van der Waals surface area (Å²) in [4.78, 5) is 7.14. The lowest BCUT2D eigenvalue weighted by Gasteiger charge is -2.39. The molecule has 0 heterocycles. The fraction of sp³-hybridized carbons (Fsp3) is 1.00. The molecule has 3 nitrogen and oxygen atoms in total. The Bertz CT molecular complexity index is 424. The monoisotopic (exact) mass is 428 g/mol. The van der Waals surface area contributed by atoms with Gasteiger partial charge in [0, 0.05) is 0 Å². The summed E-state index contributed by atoms with van der Waals surface area (Å²) in [6.45, 7) is 0. The first-order chi connectivity index (χ1) is 10.8. The van der Waals surface area contributed by atoms with E-state index in [2.05, 4.69) is 0 Å². The van der Waals surface area contributed by atoms with Crippen LogP contribution in [0.15, 0.2) is 0 Å². The maximum Gasteiger partial charge on any atom is 0.400 e. The van der Waals surface area contributed by atoms with Crippen molar-refractivity contribution in [3.8, 4) is 0 Å². The van der Waals surface area contributed by atoms with Crippen molar-refractivity contribution in [1.29, 1.82) is 0 Å². The maximum absolute atomic E-state index is 12.9. The van der Waals surface area contributed by atoms with Gasteiger partial charge in [0.25, 0.3) is 6.43 Å². The molecule has 0 aliphatic heterocycles. The Labute approximate surface area is 132 Å². The van der Waals surface area contributed by atoms with E-state index in [1.54, 1.807) is 0 Å². The standard InChI is InChI=1S/C8H5F13O2.H4OSi/c9-1(3(11)12)2(10)4(13,14)5(15,16)6(17,18)7(19,20)8(21,22)23;1-2/h1-3,22-23H;1H,2H3. The number of alkyl halides is 13. The second-order valence-electron chi connectivity index (χ2n) is 4.11. The van der Waals surface area contributed by atoms with Crippen LogP contribution in [0.3, 0.4) is 0 Å². The SMILES string of the molecule is OC(O)(F)C(F)(F)C(F)(F)C(F)(F)C(F)(F)C(F)C(F)C(F)F.O[SiH3]. The molecular weight excluding hydrogens is 419 g/mol. The second-order valence-corrected chi connectivity index (χ2v) is 4.11. The van der Waals surface area contributed by atoms with Gasteiger partial charge in [-0.05, 0) is 0 Å². The molecule has 25 heavy (non-hydrogen) atoms. The zero-order valence-electron chi connectivity index (χ0n) is 11.5. The van der Waals surface area contributed by atoms with E-state index >= 15 is 0 Å². The molecule has 0 aliphatic rings. The summed E-state index contributed by atoms with van der Waals surface area (Å²) >= 11 is 0. The van der Waals surface area contributed by atoms with E-state index in [9.17, 15) is 57.1 Å². The van der Waals surface area contributed by atoms with Crippen molar-refractivity contribution < 1.29 is 72.1 Å². The normalized spacial score (nSPS) is 17.2. The largest absolute Gasteiger partial charge is 0.442 e. The Balaban J connectivity index is 0. The Morgan fingerprint density at radius 3 is 1.16 bits per heavy atom. The maximum atomic E-state index is 12.9. The van der Waals surface area contributed by atoms with Crippen LogP contribution in [0.2, 0.25) is 0 Å². The highest BCUT2D eigenvalue weighted by Crippen LogP contribution is 2.57. The summed E-state index contributed by atoms with van der Waals surface area (Å²) in [5.41, 5.74) is 0. The lowest BCUT2D eigenvalue weighted by Crippen LogP contribution is -2.70. The molecule has 0 aliphatic carbocycles. The molecule has 0 fully saturated rings. The van der Waals surface area contributed by atoms with E-state index < -0.39 is 48.5 Å². The van der Waals surface area contributed by atoms with Gasteiger partial charge in [0.2, 0.25) is 6.17 Å². The van der Waals surface area contributed by atoms with Crippen LogP contribution in [-0.2, 0) is 0 Å². The Morgan fingerprint density at radius 2 is 0.920 bits per heavy atom. The van der Waals surface area contributed by atoms with Crippen LogP contribution in [0, 0.1) is 0 Å². The van der Waals surface area contributed by atoms with E-state index in [0.29, 0.717) is 10.5 Å². The smallest absolute Gasteiger partial charge is 0.400 e. The predicted octanol–water partition coefficient (Wildman–Crippen LogP) is 1.34. The fourth-order valence-corrected chi connectivity index (χ4v) is 1.11. The van der Waals surface area contributed by atoms with Gasteiger partial charge in [0.05, 0.1) is 0 Å². The minimum absolute atomic E-state index is 0.306. The molecule has 0 spiro atoms. The minimum Gasteiger partial charge on any atom is -0.442 e.